The summed E-state index contributed by atoms with van der Waals surface area (Å²) < 4.78 is 0. The van der Waals surface area contributed by atoms with Crippen molar-refractivity contribution in [3.8, 4) is 11.1 Å². The molecular weight excluding hydrogens is 314 g/mol. The first-order chi connectivity index (χ1) is 11.4. The van der Waals surface area contributed by atoms with Crippen LogP contribution in [0.15, 0.2) is 60.7 Å². The molecule has 0 atom stereocenters. The molecule has 0 saturated heterocycles. The molecule has 0 saturated carbocycles. The summed E-state index contributed by atoms with van der Waals surface area (Å²) in [5.74, 6) is 0. The van der Waals surface area contributed by atoms with E-state index in [4.69, 9.17) is 11.6 Å². The Labute approximate surface area is 147 Å². The third-order valence-corrected chi connectivity index (χ3v) is 4.88. The lowest BCUT2D eigenvalue weighted by atomic mass is 9.86. The molecule has 0 amide bonds. The van der Waals surface area contributed by atoms with E-state index in [1.54, 1.807) is 0 Å². The number of aromatic amines is 1. The Morgan fingerprint density at radius 2 is 1.42 bits per heavy atom. The minimum absolute atomic E-state index is 0.179. The highest BCUT2D eigenvalue weighted by Crippen LogP contribution is 2.32. The number of halogens is 1. The van der Waals surface area contributed by atoms with Crippen molar-refractivity contribution >= 4 is 33.4 Å². The van der Waals surface area contributed by atoms with Gasteiger partial charge in [0.15, 0.2) is 0 Å². The van der Waals surface area contributed by atoms with Gasteiger partial charge in [-0.2, -0.15) is 0 Å². The number of nitrogens with one attached hydrogen (secondary N) is 1. The Morgan fingerprint density at radius 3 is 2.12 bits per heavy atom. The molecule has 1 N–H and O–H groups in total. The van der Waals surface area contributed by atoms with E-state index in [1.807, 2.05) is 18.2 Å². The lowest BCUT2D eigenvalue weighted by Crippen LogP contribution is -2.10. The molecule has 0 fully saturated rings. The zero-order valence-electron chi connectivity index (χ0n) is 14.2. The Kier molecular flexibility index (Phi) is 3.43. The van der Waals surface area contributed by atoms with E-state index in [9.17, 15) is 0 Å². The lowest BCUT2D eigenvalue weighted by molar-refractivity contribution is 0.590. The molecule has 0 radical (unpaired) electrons. The SMILES string of the molecule is CC(C)(C)c1ccc(-c2ccc3c(c2)[nH]c2ccc(Cl)cc23)cc1. The molecule has 0 unspecified atom stereocenters. The van der Waals surface area contributed by atoms with E-state index in [0.717, 1.165) is 16.1 Å². The van der Waals surface area contributed by atoms with Crippen molar-refractivity contribution in [2.45, 2.75) is 26.2 Å². The van der Waals surface area contributed by atoms with Crippen molar-refractivity contribution < 1.29 is 0 Å². The number of hydrogen-bond acceptors (Lipinski definition) is 0. The fourth-order valence-corrected chi connectivity index (χ4v) is 3.39. The standard InChI is InChI=1S/C22H20ClN/c1-22(2,3)16-7-4-14(5-8-16)15-6-10-18-19-13-17(23)9-11-20(19)24-21(18)12-15/h4-13,24H,1-3H3. The van der Waals surface area contributed by atoms with Gasteiger partial charge in [0, 0.05) is 26.8 Å². The third kappa shape index (κ3) is 2.59. The summed E-state index contributed by atoms with van der Waals surface area (Å²) in [6, 6.07) is 21.4. The molecule has 0 aliphatic rings. The van der Waals surface area contributed by atoms with E-state index >= 15 is 0 Å². The summed E-state index contributed by atoms with van der Waals surface area (Å²) >= 11 is 6.14. The molecule has 4 aromatic rings. The van der Waals surface area contributed by atoms with E-state index in [-0.39, 0.29) is 5.41 Å². The third-order valence-electron chi connectivity index (χ3n) is 4.64. The second-order valence-corrected chi connectivity index (χ2v) is 7.84. The van der Waals surface area contributed by atoms with Gasteiger partial charge in [0.2, 0.25) is 0 Å². The van der Waals surface area contributed by atoms with Crippen molar-refractivity contribution in [1.82, 2.24) is 4.98 Å². The van der Waals surface area contributed by atoms with Crippen LogP contribution in [0.3, 0.4) is 0 Å². The van der Waals surface area contributed by atoms with Crippen molar-refractivity contribution in [1.29, 1.82) is 0 Å². The highest BCUT2D eigenvalue weighted by molar-refractivity contribution is 6.31. The van der Waals surface area contributed by atoms with E-state index in [1.165, 1.54) is 27.5 Å². The normalized spacial score (nSPS) is 12.2. The van der Waals surface area contributed by atoms with Crippen LogP contribution < -0.4 is 0 Å². The summed E-state index contributed by atoms with van der Waals surface area (Å²) in [5.41, 5.74) is 6.26. The summed E-state index contributed by atoms with van der Waals surface area (Å²) in [6.45, 7) is 6.72. The Bertz CT molecular complexity index is 1030. The first-order valence-corrected chi connectivity index (χ1v) is 8.61. The maximum Gasteiger partial charge on any atom is 0.0471 e. The van der Waals surface area contributed by atoms with Crippen molar-refractivity contribution in [3.05, 3.63) is 71.2 Å². The van der Waals surface area contributed by atoms with Gasteiger partial charge in [0.25, 0.3) is 0 Å². The van der Waals surface area contributed by atoms with Crippen LogP contribution >= 0.6 is 11.6 Å². The molecular formula is C22H20ClN. The number of rotatable bonds is 1. The van der Waals surface area contributed by atoms with Crippen molar-refractivity contribution in [3.63, 3.8) is 0 Å². The van der Waals surface area contributed by atoms with Crippen LogP contribution in [-0.2, 0) is 5.41 Å². The quantitative estimate of drug-likeness (QED) is 0.388. The summed E-state index contributed by atoms with van der Waals surface area (Å²) in [4.78, 5) is 3.49. The Hall–Kier alpha value is -2.25. The fraction of sp³-hybridized carbons (Fsp3) is 0.182. The van der Waals surface area contributed by atoms with Crippen LogP contribution in [0, 0.1) is 0 Å². The predicted octanol–water partition coefficient (Wildman–Crippen LogP) is 6.94. The van der Waals surface area contributed by atoms with E-state index < -0.39 is 0 Å². The topological polar surface area (TPSA) is 15.8 Å². The van der Waals surface area contributed by atoms with Gasteiger partial charge in [0.1, 0.15) is 0 Å². The van der Waals surface area contributed by atoms with Crippen LogP contribution in [0.5, 0.6) is 0 Å². The molecule has 4 rings (SSSR count). The highest BCUT2D eigenvalue weighted by atomic mass is 35.5. The average molecular weight is 334 g/mol. The predicted molar refractivity (Wildman–Crippen MR) is 105 cm³/mol. The molecule has 0 aliphatic heterocycles. The number of hydrogen-bond donors (Lipinski definition) is 1. The monoisotopic (exact) mass is 333 g/mol. The van der Waals surface area contributed by atoms with Crippen LogP contribution in [-0.4, -0.2) is 4.98 Å². The number of aromatic nitrogens is 1. The number of benzene rings is 3. The average Bonchev–Trinajstić information content (AvgIpc) is 2.91. The van der Waals surface area contributed by atoms with Gasteiger partial charge in [-0.3, -0.25) is 0 Å². The van der Waals surface area contributed by atoms with Crippen LogP contribution in [0.25, 0.3) is 32.9 Å². The minimum Gasteiger partial charge on any atom is -0.354 e. The molecule has 2 heteroatoms. The second kappa shape index (κ2) is 5.39. The molecule has 24 heavy (non-hydrogen) atoms. The molecule has 120 valence electrons. The number of H-pyrrole nitrogens is 1. The Morgan fingerprint density at radius 1 is 0.708 bits per heavy atom. The zero-order chi connectivity index (χ0) is 16.9. The molecule has 0 spiro atoms. The van der Waals surface area contributed by atoms with Crippen LogP contribution in [0.4, 0.5) is 0 Å². The first kappa shape index (κ1) is 15.3. The van der Waals surface area contributed by atoms with Crippen LogP contribution in [0.1, 0.15) is 26.3 Å². The van der Waals surface area contributed by atoms with Gasteiger partial charge < -0.3 is 4.98 Å². The largest absolute Gasteiger partial charge is 0.354 e. The van der Waals surface area contributed by atoms with Gasteiger partial charge in [-0.15, -0.1) is 0 Å². The fourth-order valence-electron chi connectivity index (χ4n) is 3.22. The Balaban J connectivity index is 1.81. The smallest absolute Gasteiger partial charge is 0.0471 e. The minimum atomic E-state index is 0.179. The number of fused-ring (bicyclic) bond motifs is 3. The molecule has 3 aromatic carbocycles. The highest BCUT2D eigenvalue weighted by Gasteiger charge is 2.13. The van der Waals surface area contributed by atoms with Gasteiger partial charge in [0.05, 0.1) is 0 Å². The maximum absolute atomic E-state index is 6.14. The lowest BCUT2D eigenvalue weighted by Gasteiger charge is -2.19. The van der Waals surface area contributed by atoms with Crippen molar-refractivity contribution in [2.24, 2.45) is 0 Å². The van der Waals surface area contributed by atoms with Gasteiger partial charge in [-0.05, 0) is 46.4 Å². The zero-order valence-corrected chi connectivity index (χ0v) is 14.9. The van der Waals surface area contributed by atoms with E-state index in [0.29, 0.717) is 0 Å². The van der Waals surface area contributed by atoms with Gasteiger partial charge in [-0.1, -0.05) is 68.8 Å². The van der Waals surface area contributed by atoms with Gasteiger partial charge >= 0.3 is 0 Å². The molecule has 0 bridgehead atoms. The second-order valence-electron chi connectivity index (χ2n) is 7.40. The van der Waals surface area contributed by atoms with Gasteiger partial charge in [-0.25, -0.2) is 0 Å². The molecule has 0 aliphatic carbocycles. The van der Waals surface area contributed by atoms with Crippen molar-refractivity contribution in [2.75, 3.05) is 0 Å². The molecule has 1 heterocycles. The summed E-state index contributed by atoms with van der Waals surface area (Å²) in [7, 11) is 0. The van der Waals surface area contributed by atoms with E-state index in [2.05, 4.69) is 68.2 Å². The maximum atomic E-state index is 6.14. The first-order valence-electron chi connectivity index (χ1n) is 8.24. The molecule has 1 aromatic heterocycles. The summed E-state index contributed by atoms with van der Waals surface area (Å²) in [6.07, 6.45) is 0. The summed E-state index contributed by atoms with van der Waals surface area (Å²) in [5, 5.41) is 3.15. The molecule has 1 nitrogen and oxygen atoms in total. The van der Waals surface area contributed by atoms with Crippen LogP contribution in [0.2, 0.25) is 5.02 Å².